The van der Waals surface area contributed by atoms with E-state index in [9.17, 15) is 9.90 Å². The number of hydrogen-bond acceptors (Lipinski definition) is 5. The van der Waals surface area contributed by atoms with Crippen molar-refractivity contribution in [1.29, 1.82) is 0 Å². The maximum Gasteiger partial charge on any atom is 0.242 e. The van der Waals surface area contributed by atoms with E-state index in [0.717, 1.165) is 49.2 Å². The quantitative estimate of drug-likeness (QED) is 0.831. The lowest BCUT2D eigenvalue weighted by Gasteiger charge is -2.39. The lowest BCUT2D eigenvalue weighted by Crippen LogP contribution is -2.57. The van der Waals surface area contributed by atoms with E-state index in [1.807, 2.05) is 18.2 Å². The summed E-state index contributed by atoms with van der Waals surface area (Å²) < 4.78 is 10.8. The Morgan fingerprint density at radius 2 is 1.96 bits per heavy atom. The third-order valence-corrected chi connectivity index (χ3v) is 5.62. The Bertz CT molecular complexity index is 648. The van der Waals surface area contributed by atoms with Gasteiger partial charge in [0.1, 0.15) is 0 Å². The molecule has 1 aromatic rings. The number of nitrogens with two attached hydrogens (primary N) is 1. The number of likely N-dealkylation sites (tertiary alicyclic amines) is 1. The minimum absolute atomic E-state index is 0. The van der Waals surface area contributed by atoms with Crippen LogP contribution in [0.3, 0.4) is 0 Å². The van der Waals surface area contributed by atoms with Crippen LogP contribution in [0.4, 0.5) is 0 Å². The molecule has 4 rings (SSSR count). The van der Waals surface area contributed by atoms with Crippen molar-refractivity contribution < 1.29 is 19.4 Å². The fraction of sp³-hybridized carbons (Fsp3) is 0.611. The van der Waals surface area contributed by atoms with E-state index >= 15 is 0 Å². The first-order chi connectivity index (χ1) is 11.6. The van der Waals surface area contributed by atoms with Crippen molar-refractivity contribution in [2.24, 2.45) is 5.73 Å². The van der Waals surface area contributed by atoms with Crippen LogP contribution in [0, 0.1) is 0 Å². The van der Waals surface area contributed by atoms with Crippen molar-refractivity contribution in [3.05, 3.63) is 23.8 Å². The van der Waals surface area contributed by atoms with Crippen LogP contribution in [0.2, 0.25) is 0 Å². The minimum Gasteiger partial charge on any atom is -0.454 e. The number of ether oxygens (including phenoxy) is 2. The van der Waals surface area contributed by atoms with Crippen LogP contribution in [0.1, 0.15) is 43.6 Å². The fourth-order valence-corrected chi connectivity index (χ4v) is 4.18. The van der Waals surface area contributed by atoms with Crippen LogP contribution >= 0.6 is 12.4 Å². The molecule has 25 heavy (non-hydrogen) atoms. The molecular weight excluding hydrogens is 344 g/mol. The van der Waals surface area contributed by atoms with Crippen LogP contribution in [-0.4, -0.2) is 47.4 Å². The first-order valence-corrected chi connectivity index (χ1v) is 8.73. The molecule has 2 aliphatic heterocycles. The van der Waals surface area contributed by atoms with Gasteiger partial charge in [-0.05, 0) is 37.0 Å². The first kappa shape index (κ1) is 18.3. The number of benzene rings is 1. The molecule has 6 nitrogen and oxygen atoms in total. The standard InChI is InChI=1S/C18H24N2O4.ClH/c19-18(6-1-2-7-18)17(22)20-8-5-13(14(21)10-20)12-3-4-15-16(9-12)24-11-23-15;/h3-4,9,13-14,21H,1-2,5-8,10-11,19H2;1H/t13-,14+;/m0./s1. The first-order valence-electron chi connectivity index (χ1n) is 8.73. The van der Waals surface area contributed by atoms with Crippen molar-refractivity contribution in [2.45, 2.75) is 49.7 Å². The number of nitrogens with zero attached hydrogens (tertiary/aromatic N) is 1. The number of aliphatic hydroxyl groups excluding tert-OH is 1. The maximum absolute atomic E-state index is 12.7. The molecule has 2 atom stereocenters. The molecule has 1 aromatic carbocycles. The molecule has 2 heterocycles. The normalized spacial score (nSPS) is 27.0. The topological polar surface area (TPSA) is 85.0 Å². The summed E-state index contributed by atoms with van der Waals surface area (Å²) in [6, 6.07) is 5.80. The predicted octanol–water partition coefficient (Wildman–Crippen LogP) is 1.79. The number of carbonyl (C=O) groups is 1. The molecule has 0 bridgehead atoms. The van der Waals surface area contributed by atoms with E-state index in [0.29, 0.717) is 13.1 Å². The molecular formula is C18H25ClN2O4. The summed E-state index contributed by atoms with van der Waals surface area (Å²) >= 11 is 0. The molecule has 0 unspecified atom stereocenters. The van der Waals surface area contributed by atoms with Crippen molar-refractivity contribution in [1.82, 2.24) is 4.90 Å². The summed E-state index contributed by atoms with van der Waals surface area (Å²) in [5.41, 5.74) is 6.60. The zero-order chi connectivity index (χ0) is 16.7. The third kappa shape index (κ3) is 3.30. The highest BCUT2D eigenvalue weighted by molar-refractivity contribution is 5.86. The Labute approximate surface area is 153 Å². The van der Waals surface area contributed by atoms with Crippen LogP contribution in [0.5, 0.6) is 11.5 Å². The van der Waals surface area contributed by atoms with Gasteiger partial charge in [0.15, 0.2) is 11.5 Å². The third-order valence-electron chi connectivity index (χ3n) is 5.62. The lowest BCUT2D eigenvalue weighted by molar-refractivity contribution is -0.140. The number of amides is 1. The minimum atomic E-state index is -0.717. The Kier molecular flexibility index (Phi) is 5.14. The molecule has 3 N–H and O–H groups in total. The van der Waals surface area contributed by atoms with Gasteiger partial charge in [-0.25, -0.2) is 0 Å². The zero-order valence-corrected chi connectivity index (χ0v) is 15.0. The molecule has 0 aromatic heterocycles. The molecule has 7 heteroatoms. The molecule has 1 saturated carbocycles. The zero-order valence-electron chi connectivity index (χ0n) is 14.1. The number of carbonyl (C=O) groups excluding carboxylic acids is 1. The van der Waals surface area contributed by atoms with E-state index in [1.165, 1.54) is 0 Å². The molecule has 1 saturated heterocycles. The van der Waals surface area contributed by atoms with Crippen LogP contribution < -0.4 is 15.2 Å². The van der Waals surface area contributed by atoms with Gasteiger partial charge in [0.05, 0.1) is 11.6 Å². The summed E-state index contributed by atoms with van der Waals surface area (Å²) in [7, 11) is 0. The molecule has 0 spiro atoms. The molecule has 1 amide bonds. The van der Waals surface area contributed by atoms with Crippen LogP contribution in [-0.2, 0) is 4.79 Å². The number of hydrogen-bond donors (Lipinski definition) is 2. The van der Waals surface area contributed by atoms with Crippen molar-refractivity contribution in [3.8, 4) is 11.5 Å². The highest BCUT2D eigenvalue weighted by Crippen LogP contribution is 2.38. The number of piperidine rings is 1. The fourth-order valence-electron chi connectivity index (χ4n) is 4.18. The molecule has 3 aliphatic rings. The van der Waals surface area contributed by atoms with Gasteiger partial charge in [-0.1, -0.05) is 18.9 Å². The summed E-state index contributed by atoms with van der Waals surface area (Å²) in [6.07, 6.45) is 3.67. The van der Waals surface area contributed by atoms with Gasteiger partial charge >= 0.3 is 0 Å². The molecule has 0 radical (unpaired) electrons. The number of fused-ring (bicyclic) bond motifs is 1. The largest absolute Gasteiger partial charge is 0.454 e. The van der Waals surface area contributed by atoms with E-state index < -0.39 is 11.6 Å². The van der Waals surface area contributed by atoms with Crippen LogP contribution in [0.15, 0.2) is 18.2 Å². The predicted molar refractivity (Wildman–Crippen MR) is 95.1 cm³/mol. The monoisotopic (exact) mass is 368 g/mol. The smallest absolute Gasteiger partial charge is 0.242 e. The summed E-state index contributed by atoms with van der Waals surface area (Å²) in [4.78, 5) is 14.5. The van der Waals surface area contributed by atoms with E-state index in [4.69, 9.17) is 15.2 Å². The van der Waals surface area contributed by atoms with Gasteiger partial charge in [0, 0.05) is 19.0 Å². The number of halogens is 1. The number of aliphatic hydroxyl groups is 1. The number of β-amino-alcohol motifs (C(OH)–C–C–N with tert-alkyl or cyclic N) is 1. The average molecular weight is 369 g/mol. The second-order valence-electron chi connectivity index (χ2n) is 7.19. The van der Waals surface area contributed by atoms with Gasteiger partial charge in [-0.15, -0.1) is 12.4 Å². The van der Waals surface area contributed by atoms with Gasteiger partial charge in [-0.3, -0.25) is 4.79 Å². The Balaban J connectivity index is 0.00000182. The maximum atomic E-state index is 12.7. The molecule has 138 valence electrons. The second kappa shape index (κ2) is 7.02. The average Bonchev–Trinajstić information content (AvgIpc) is 3.22. The Morgan fingerprint density at radius 1 is 1.24 bits per heavy atom. The van der Waals surface area contributed by atoms with E-state index in [-0.39, 0.29) is 31.0 Å². The van der Waals surface area contributed by atoms with Crippen molar-refractivity contribution in [3.63, 3.8) is 0 Å². The van der Waals surface area contributed by atoms with Crippen molar-refractivity contribution >= 4 is 18.3 Å². The van der Waals surface area contributed by atoms with Gasteiger partial charge in [0.25, 0.3) is 0 Å². The van der Waals surface area contributed by atoms with Crippen molar-refractivity contribution in [2.75, 3.05) is 19.9 Å². The summed E-state index contributed by atoms with van der Waals surface area (Å²) in [5.74, 6) is 1.47. The summed E-state index contributed by atoms with van der Waals surface area (Å²) in [6.45, 7) is 1.22. The Hall–Kier alpha value is -1.50. The highest BCUT2D eigenvalue weighted by Gasteiger charge is 2.42. The second-order valence-corrected chi connectivity index (χ2v) is 7.19. The summed E-state index contributed by atoms with van der Waals surface area (Å²) in [5, 5.41) is 10.6. The molecule has 1 aliphatic carbocycles. The van der Waals surface area contributed by atoms with E-state index in [2.05, 4.69) is 0 Å². The van der Waals surface area contributed by atoms with Gasteiger partial charge in [0.2, 0.25) is 12.7 Å². The van der Waals surface area contributed by atoms with Crippen LogP contribution in [0.25, 0.3) is 0 Å². The lowest BCUT2D eigenvalue weighted by atomic mass is 9.85. The molecule has 2 fully saturated rings. The van der Waals surface area contributed by atoms with Gasteiger partial charge in [-0.2, -0.15) is 0 Å². The number of rotatable bonds is 2. The van der Waals surface area contributed by atoms with Gasteiger partial charge < -0.3 is 25.2 Å². The highest BCUT2D eigenvalue weighted by atomic mass is 35.5. The Morgan fingerprint density at radius 3 is 2.68 bits per heavy atom. The SMILES string of the molecule is Cl.NC1(C(=O)N2CC[C@@H](c3ccc4c(c3)OCO4)[C@H](O)C2)CCCC1. The van der Waals surface area contributed by atoms with E-state index in [1.54, 1.807) is 4.90 Å².